The Kier molecular flexibility index (Phi) is 4.72. The summed E-state index contributed by atoms with van der Waals surface area (Å²) in [6, 6.07) is 3.37. The number of hydrogen-bond donors (Lipinski definition) is 2. The lowest BCUT2D eigenvalue weighted by molar-refractivity contribution is 0.0946. The lowest BCUT2D eigenvalue weighted by atomic mass is 10.3. The van der Waals surface area contributed by atoms with E-state index in [4.69, 9.17) is 5.73 Å². The van der Waals surface area contributed by atoms with Crippen LogP contribution in [0.1, 0.15) is 17.4 Å². The molecule has 0 atom stereocenters. The first-order valence-electron chi connectivity index (χ1n) is 5.32. The van der Waals surface area contributed by atoms with Crippen molar-refractivity contribution in [2.45, 2.75) is 6.92 Å². The number of nitrogens with zero attached hydrogens (tertiary/aromatic N) is 2. The van der Waals surface area contributed by atoms with Gasteiger partial charge in [0.1, 0.15) is 0 Å². The van der Waals surface area contributed by atoms with E-state index < -0.39 is 0 Å². The van der Waals surface area contributed by atoms with E-state index in [9.17, 15) is 4.79 Å². The Bertz CT molecular complexity index is 354. The largest absolute Gasteiger partial charge is 0.397 e. The number of carbonyl (C=O) groups excluding carboxylic acids is 1. The Morgan fingerprint density at radius 1 is 1.62 bits per heavy atom. The van der Waals surface area contributed by atoms with Gasteiger partial charge in [-0.05, 0) is 25.7 Å². The van der Waals surface area contributed by atoms with Crippen molar-refractivity contribution in [2.24, 2.45) is 0 Å². The molecular formula is C11H18N4O. The molecule has 0 saturated carbocycles. The number of hydrogen-bond acceptors (Lipinski definition) is 4. The highest BCUT2D eigenvalue weighted by Crippen LogP contribution is 2.05. The molecule has 1 heterocycles. The van der Waals surface area contributed by atoms with Crippen LogP contribution in [0.25, 0.3) is 0 Å². The van der Waals surface area contributed by atoms with Crippen LogP contribution in [-0.4, -0.2) is 42.5 Å². The van der Waals surface area contributed by atoms with Crippen LogP contribution < -0.4 is 11.1 Å². The Hall–Kier alpha value is -1.62. The highest BCUT2D eigenvalue weighted by Gasteiger charge is 2.09. The van der Waals surface area contributed by atoms with Crippen molar-refractivity contribution >= 4 is 11.6 Å². The van der Waals surface area contributed by atoms with E-state index in [1.807, 2.05) is 7.05 Å². The molecule has 1 aromatic rings. The van der Waals surface area contributed by atoms with E-state index in [2.05, 4.69) is 22.1 Å². The van der Waals surface area contributed by atoms with Gasteiger partial charge >= 0.3 is 0 Å². The highest BCUT2D eigenvalue weighted by atomic mass is 16.1. The smallest absolute Gasteiger partial charge is 0.272 e. The molecule has 0 spiro atoms. The van der Waals surface area contributed by atoms with Gasteiger partial charge in [-0.1, -0.05) is 6.92 Å². The summed E-state index contributed by atoms with van der Waals surface area (Å²) in [4.78, 5) is 17.7. The fourth-order valence-corrected chi connectivity index (χ4v) is 1.21. The van der Waals surface area contributed by atoms with E-state index in [1.54, 1.807) is 18.3 Å². The lowest BCUT2D eigenvalue weighted by Gasteiger charge is -2.14. The fraction of sp³-hybridized carbons (Fsp3) is 0.455. The average molecular weight is 222 g/mol. The SMILES string of the molecule is CCN(C)CCNC(=O)c1ncccc1N. The second kappa shape index (κ2) is 6.07. The number of nitrogens with two attached hydrogens (primary N) is 1. The van der Waals surface area contributed by atoms with Gasteiger partial charge in [0.05, 0.1) is 5.69 Å². The predicted octanol–water partition coefficient (Wildman–Crippen LogP) is 0.345. The normalized spacial score (nSPS) is 10.4. The van der Waals surface area contributed by atoms with E-state index in [0.29, 0.717) is 17.9 Å². The summed E-state index contributed by atoms with van der Waals surface area (Å²) in [5.74, 6) is -0.220. The van der Waals surface area contributed by atoms with Crippen molar-refractivity contribution < 1.29 is 4.79 Å². The van der Waals surface area contributed by atoms with Gasteiger partial charge in [0, 0.05) is 19.3 Å². The van der Waals surface area contributed by atoms with Crippen LogP contribution in [0.2, 0.25) is 0 Å². The van der Waals surface area contributed by atoms with Crippen LogP contribution >= 0.6 is 0 Å². The molecule has 3 N–H and O–H groups in total. The predicted molar refractivity (Wildman–Crippen MR) is 64.2 cm³/mol. The van der Waals surface area contributed by atoms with Gasteiger partial charge in [0.2, 0.25) is 0 Å². The molecular weight excluding hydrogens is 204 g/mol. The molecule has 0 saturated heterocycles. The molecule has 5 nitrogen and oxygen atoms in total. The number of likely N-dealkylation sites (N-methyl/N-ethyl adjacent to an activating group) is 1. The molecule has 0 aliphatic heterocycles. The van der Waals surface area contributed by atoms with Crippen LogP contribution in [0.5, 0.6) is 0 Å². The van der Waals surface area contributed by atoms with Gasteiger partial charge in [-0.15, -0.1) is 0 Å². The second-order valence-electron chi connectivity index (χ2n) is 3.59. The van der Waals surface area contributed by atoms with Gasteiger partial charge in [-0.3, -0.25) is 4.79 Å². The second-order valence-corrected chi connectivity index (χ2v) is 3.59. The topological polar surface area (TPSA) is 71.2 Å². The molecule has 88 valence electrons. The molecule has 0 radical (unpaired) electrons. The minimum atomic E-state index is -0.220. The number of nitrogens with one attached hydrogen (secondary N) is 1. The summed E-state index contributed by atoms with van der Waals surface area (Å²) in [5, 5.41) is 2.78. The summed E-state index contributed by atoms with van der Waals surface area (Å²) in [6.07, 6.45) is 1.56. The van der Waals surface area contributed by atoms with E-state index >= 15 is 0 Å². The average Bonchev–Trinajstić information content (AvgIpc) is 2.29. The Morgan fingerprint density at radius 2 is 2.38 bits per heavy atom. The third kappa shape index (κ3) is 3.51. The van der Waals surface area contributed by atoms with E-state index in [-0.39, 0.29) is 5.91 Å². The minimum Gasteiger partial charge on any atom is -0.397 e. The van der Waals surface area contributed by atoms with E-state index in [0.717, 1.165) is 13.1 Å². The zero-order valence-corrected chi connectivity index (χ0v) is 9.73. The maximum Gasteiger partial charge on any atom is 0.272 e. The lowest BCUT2D eigenvalue weighted by Crippen LogP contribution is -2.33. The fourth-order valence-electron chi connectivity index (χ4n) is 1.21. The Balaban J connectivity index is 2.44. The molecule has 0 aliphatic carbocycles. The summed E-state index contributed by atoms with van der Waals surface area (Å²) in [5.41, 5.74) is 6.34. The monoisotopic (exact) mass is 222 g/mol. The first-order chi connectivity index (χ1) is 7.65. The number of pyridine rings is 1. The Labute approximate surface area is 95.7 Å². The van der Waals surface area contributed by atoms with Crippen molar-refractivity contribution in [2.75, 3.05) is 32.4 Å². The molecule has 1 rings (SSSR count). The molecule has 0 aliphatic rings. The van der Waals surface area contributed by atoms with Crippen LogP contribution in [-0.2, 0) is 0 Å². The summed E-state index contributed by atoms with van der Waals surface area (Å²) in [6.45, 7) is 4.44. The van der Waals surface area contributed by atoms with E-state index in [1.165, 1.54) is 0 Å². The number of anilines is 1. The maximum atomic E-state index is 11.7. The third-order valence-corrected chi connectivity index (χ3v) is 2.37. The van der Waals surface area contributed by atoms with Crippen molar-refractivity contribution in [3.8, 4) is 0 Å². The van der Waals surface area contributed by atoms with Crippen molar-refractivity contribution in [3.63, 3.8) is 0 Å². The minimum absolute atomic E-state index is 0.220. The number of rotatable bonds is 5. The summed E-state index contributed by atoms with van der Waals surface area (Å²) >= 11 is 0. The van der Waals surface area contributed by atoms with Crippen LogP contribution in [0.4, 0.5) is 5.69 Å². The maximum absolute atomic E-state index is 11.7. The third-order valence-electron chi connectivity index (χ3n) is 2.37. The van der Waals surface area contributed by atoms with Gasteiger partial charge < -0.3 is 16.0 Å². The quantitative estimate of drug-likeness (QED) is 0.754. The number of amides is 1. The number of aromatic nitrogens is 1. The summed E-state index contributed by atoms with van der Waals surface area (Å²) in [7, 11) is 2.00. The molecule has 0 fully saturated rings. The first-order valence-corrected chi connectivity index (χ1v) is 5.32. The van der Waals surface area contributed by atoms with Gasteiger partial charge in [0.15, 0.2) is 5.69 Å². The highest BCUT2D eigenvalue weighted by molar-refractivity contribution is 5.96. The zero-order chi connectivity index (χ0) is 12.0. The molecule has 0 unspecified atom stereocenters. The first kappa shape index (κ1) is 12.4. The number of nitrogen functional groups attached to an aromatic ring is 1. The molecule has 0 bridgehead atoms. The summed E-state index contributed by atoms with van der Waals surface area (Å²) < 4.78 is 0. The molecule has 1 amide bonds. The van der Waals surface area contributed by atoms with Crippen LogP contribution in [0.15, 0.2) is 18.3 Å². The van der Waals surface area contributed by atoms with Crippen molar-refractivity contribution in [1.82, 2.24) is 15.2 Å². The van der Waals surface area contributed by atoms with Crippen LogP contribution in [0.3, 0.4) is 0 Å². The molecule has 16 heavy (non-hydrogen) atoms. The zero-order valence-electron chi connectivity index (χ0n) is 9.73. The van der Waals surface area contributed by atoms with Crippen molar-refractivity contribution in [1.29, 1.82) is 0 Å². The van der Waals surface area contributed by atoms with Crippen molar-refractivity contribution in [3.05, 3.63) is 24.0 Å². The molecule has 5 heteroatoms. The molecule has 1 aromatic heterocycles. The molecule has 0 aromatic carbocycles. The van der Waals surface area contributed by atoms with Gasteiger partial charge in [-0.2, -0.15) is 0 Å². The Morgan fingerprint density at radius 3 is 3.00 bits per heavy atom. The standard InChI is InChI=1S/C11H18N4O/c1-3-15(2)8-7-14-11(16)10-9(12)5-4-6-13-10/h4-6H,3,7-8,12H2,1-2H3,(H,14,16). The van der Waals surface area contributed by atoms with Gasteiger partial charge in [-0.25, -0.2) is 4.98 Å². The van der Waals surface area contributed by atoms with Gasteiger partial charge in [0.25, 0.3) is 5.91 Å². The van der Waals surface area contributed by atoms with Crippen LogP contribution in [0, 0.1) is 0 Å². The number of carbonyl (C=O) groups is 1.